The molecule has 0 radical (unpaired) electrons. The minimum absolute atomic E-state index is 0.00644. The third kappa shape index (κ3) is 4.37. The summed E-state index contributed by atoms with van der Waals surface area (Å²) in [5.41, 5.74) is 2.35. The lowest BCUT2D eigenvalue weighted by Gasteiger charge is -2.25. The van der Waals surface area contributed by atoms with Crippen LogP contribution in [0.2, 0.25) is 0 Å². The smallest absolute Gasteiger partial charge is 0.330 e. The van der Waals surface area contributed by atoms with Crippen LogP contribution < -0.4 is 0 Å². The summed E-state index contributed by atoms with van der Waals surface area (Å²) in [4.78, 5) is 19.5. The van der Waals surface area contributed by atoms with E-state index in [0.717, 1.165) is 41.9 Å². The van der Waals surface area contributed by atoms with Gasteiger partial charge in [0.05, 0.1) is 17.3 Å². The second-order valence-electron chi connectivity index (χ2n) is 7.45. The van der Waals surface area contributed by atoms with Crippen molar-refractivity contribution in [2.24, 2.45) is 0 Å². The van der Waals surface area contributed by atoms with E-state index in [-0.39, 0.29) is 11.9 Å². The molecule has 1 aliphatic heterocycles. The van der Waals surface area contributed by atoms with E-state index in [0.29, 0.717) is 18.5 Å². The maximum Gasteiger partial charge on any atom is 0.416 e. The lowest BCUT2D eigenvalue weighted by atomic mass is 10.0. The van der Waals surface area contributed by atoms with Gasteiger partial charge in [-0.25, -0.2) is 0 Å². The topological polar surface area (TPSA) is 33.2 Å². The number of halogens is 3. The summed E-state index contributed by atoms with van der Waals surface area (Å²) in [5, 5.41) is 0. The van der Waals surface area contributed by atoms with Gasteiger partial charge in [0.15, 0.2) is 0 Å². The second-order valence-corrected chi connectivity index (χ2v) is 7.45. The zero-order valence-corrected chi connectivity index (χ0v) is 16.3. The van der Waals surface area contributed by atoms with Crippen LogP contribution in [0, 0.1) is 0 Å². The molecule has 154 valence electrons. The highest BCUT2D eigenvalue weighted by Gasteiger charge is 2.32. The highest BCUT2D eigenvalue weighted by Crippen LogP contribution is 2.33. The van der Waals surface area contributed by atoms with Crippen molar-refractivity contribution in [2.75, 3.05) is 6.54 Å². The van der Waals surface area contributed by atoms with Gasteiger partial charge in [0, 0.05) is 24.2 Å². The van der Waals surface area contributed by atoms with Crippen LogP contribution in [-0.2, 0) is 12.6 Å². The summed E-state index contributed by atoms with van der Waals surface area (Å²) in [6.45, 7) is 0.684. The Hall–Kier alpha value is -3.15. The SMILES string of the molecule is O=C(c1ccccc1)N1CCC[C@@H]1c1cccc(Cc2ccc(C(F)(F)F)cc2)n1. The first kappa shape index (κ1) is 20.1. The number of rotatable bonds is 4. The quantitative estimate of drug-likeness (QED) is 0.555. The van der Waals surface area contributed by atoms with Gasteiger partial charge in [-0.15, -0.1) is 0 Å². The molecule has 1 saturated heterocycles. The van der Waals surface area contributed by atoms with E-state index < -0.39 is 11.7 Å². The monoisotopic (exact) mass is 410 g/mol. The number of pyridine rings is 1. The van der Waals surface area contributed by atoms with Gasteiger partial charge in [-0.05, 0) is 54.8 Å². The molecule has 3 aromatic rings. The summed E-state index contributed by atoms with van der Waals surface area (Å²) in [5.74, 6) is -0.00644. The standard InChI is InChI=1S/C24H21F3N2O/c25-24(26,27)19-13-11-17(12-14-19)16-20-8-4-9-21(28-20)22-10-5-15-29(22)23(30)18-6-2-1-3-7-18/h1-4,6-9,11-14,22H,5,10,15-16H2/t22-/m1/s1. The van der Waals surface area contributed by atoms with Crippen molar-refractivity contribution in [3.05, 3.63) is 101 Å². The summed E-state index contributed by atoms with van der Waals surface area (Å²) >= 11 is 0. The fourth-order valence-corrected chi connectivity index (χ4v) is 3.87. The molecule has 2 aromatic carbocycles. The largest absolute Gasteiger partial charge is 0.416 e. The minimum Gasteiger partial charge on any atom is -0.330 e. The molecule has 1 aromatic heterocycles. The van der Waals surface area contributed by atoms with Crippen LogP contribution in [0.1, 0.15) is 51.8 Å². The summed E-state index contributed by atoms with van der Waals surface area (Å²) in [7, 11) is 0. The van der Waals surface area contributed by atoms with Crippen LogP contribution in [0.15, 0.2) is 72.8 Å². The molecule has 6 heteroatoms. The molecular weight excluding hydrogens is 389 g/mol. The van der Waals surface area contributed by atoms with E-state index in [2.05, 4.69) is 0 Å². The average Bonchev–Trinajstić information content (AvgIpc) is 3.24. The normalized spacial score (nSPS) is 16.6. The highest BCUT2D eigenvalue weighted by atomic mass is 19.4. The molecule has 1 aliphatic rings. The van der Waals surface area contributed by atoms with Crippen LogP contribution in [-0.4, -0.2) is 22.3 Å². The van der Waals surface area contributed by atoms with Crippen LogP contribution in [0.3, 0.4) is 0 Å². The fourth-order valence-electron chi connectivity index (χ4n) is 3.87. The van der Waals surface area contributed by atoms with E-state index >= 15 is 0 Å². The zero-order valence-electron chi connectivity index (χ0n) is 16.3. The number of nitrogens with zero attached hydrogens (tertiary/aromatic N) is 2. The number of benzene rings is 2. The molecule has 4 rings (SSSR count). The van der Waals surface area contributed by atoms with Gasteiger partial charge in [0.2, 0.25) is 0 Å². The molecular formula is C24H21F3N2O. The Morgan fingerprint density at radius 2 is 1.70 bits per heavy atom. The third-order valence-corrected chi connectivity index (χ3v) is 5.37. The Bertz CT molecular complexity index is 1020. The lowest BCUT2D eigenvalue weighted by Crippen LogP contribution is -2.31. The summed E-state index contributed by atoms with van der Waals surface area (Å²) < 4.78 is 38.3. The van der Waals surface area contributed by atoms with Gasteiger partial charge in [-0.2, -0.15) is 13.2 Å². The van der Waals surface area contributed by atoms with Gasteiger partial charge in [0.1, 0.15) is 0 Å². The average molecular weight is 410 g/mol. The number of hydrogen-bond acceptors (Lipinski definition) is 2. The maximum atomic E-state index is 12.9. The predicted molar refractivity (Wildman–Crippen MR) is 108 cm³/mol. The number of alkyl halides is 3. The van der Waals surface area contributed by atoms with Crippen molar-refractivity contribution >= 4 is 5.91 Å². The molecule has 1 amide bonds. The Kier molecular flexibility index (Phi) is 5.57. The maximum absolute atomic E-state index is 12.9. The zero-order chi connectivity index (χ0) is 21.1. The first-order chi connectivity index (χ1) is 14.4. The van der Waals surface area contributed by atoms with E-state index in [1.54, 1.807) is 0 Å². The number of amides is 1. The van der Waals surface area contributed by atoms with Crippen molar-refractivity contribution in [2.45, 2.75) is 31.5 Å². The Balaban J connectivity index is 1.52. The molecule has 0 spiro atoms. The van der Waals surface area contributed by atoms with E-state index in [1.165, 1.54) is 12.1 Å². The number of hydrogen-bond donors (Lipinski definition) is 0. The Labute approximate surface area is 173 Å². The number of carbonyl (C=O) groups excluding carboxylic acids is 1. The van der Waals surface area contributed by atoms with E-state index in [9.17, 15) is 18.0 Å². The number of likely N-dealkylation sites (tertiary alicyclic amines) is 1. The van der Waals surface area contributed by atoms with Crippen molar-refractivity contribution in [1.82, 2.24) is 9.88 Å². The molecule has 0 bridgehead atoms. The first-order valence-electron chi connectivity index (χ1n) is 9.90. The third-order valence-electron chi connectivity index (χ3n) is 5.37. The van der Waals surface area contributed by atoms with Gasteiger partial charge >= 0.3 is 6.18 Å². The molecule has 3 nitrogen and oxygen atoms in total. The minimum atomic E-state index is -4.34. The molecule has 2 heterocycles. The van der Waals surface area contributed by atoms with Gasteiger partial charge in [0.25, 0.3) is 5.91 Å². The van der Waals surface area contributed by atoms with Gasteiger partial charge in [-0.3, -0.25) is 9.78 Å². The predicted octanol–water partition coefficient (Wildman–Crippen LogP) is 5.67. The summed E-state index contributed by atoms with van der Waals surface area (Å²) in [6, 6.07) is 19.9. The molecule has 0 saturated carbocycles. The van der Waals surface area contributed by atoms with E-state index in [1.807, 2.05) is 53.4 Å². The van der Waals surface area contributed by atoms with Gasteiger partial charge < -0.3 is 4.90 Å². The van der Waals surface area contributed by atoms with Crippen molar-refractivity contribution < 1.29 is 18.0 Å². The summed E-state index contributed by atoms with van der Waals surface area (Å²) in [6.07, 6.45) is -2.15. The second kappa shape index (κ2) is 8.30. The van der Waals surface area contributed by atoms with Crippen molar-refractivity contribution in [1.29, 1.82) is 0 Å². The number of aromatic nitrogens is 1. The van der Waals surface area contributed by atoms with Crippen molar-refractivity contribution in [3.63, 3.8) is 0 Å². The number of carbonyl (C=O) groups is 1. The highest BCUT2D eigenvalue weighted by molar-refractivity contribution is 5.94. The lowest BCUT2D eigenvalue weighted by molar-refractivity contribution is -0.137. The molecule has 0 unspecified atom stereocenters. The Morgan fingerprint density at radius 1 is 0.967 bits per heavy atom. The van der Waals surface area contributed by atoms with Crippen LogP contribution in [0.25, 0.3) is 0 Å². The Morgan fingerprint density at radius 3 is 2.40 bits per heavy atom. The molecule has 0 aliphatic carbocycles. The van der Waals surface area contributed by atoms with E-state index in [4.69, 9.17) is 4.98 Å². The van der Waals surface area contributed by atoms with Crippen LogP contribution in [0.4, 0.5) is 13.2 Å². The van der Waals surface area contributed by atoms with Crippen molar-refractivity contribution in [3.8, 4) is 0 Å². The molecule has 1 atom stereocenters. The fraction of sp³-hybridized carbons (Fsp3) is 0.250. The molecule has 1 fully saturated rings. The first-order valence-corrected chi connectivity index (χ1v) is 9.90. The molecule has 30 heavy (non-hydrogen) atoms. The van der Waals surface area contributed by atoms with Crippen LogP contribution in [0.5, 0.6) is 0 Å². The molecule has 0 N–H and O–H groups in total. The van der Waals surface area contributed by atoms with Gasteiger partial charge in [-0.1, -0.05) is 36.4 Å². The van der Waals surface area contributed by atoms with Crippen LogP contribution >= 0.6 is 0 Å².